The summed E-state index contributed by atoms with van der Waals surface area (Å²) in [5.41, 5.74) is 0.579. The van der Waals surface area contributed by atoms with E-state index in [1.165, 1.54) is 19.5 Å². The Morgan fingerprint density at radius 1 is 1.47 bits per heavy atom. The van der Waals surface area contributed by atoms with Crippen molar-refractivity contribution in [3.05, 3.63) is 23.7 Å². The number of Topliss-reactive ketones (excluding diaryl/α,β-unsaturated/α-hetero) is 1. The molecule has 0 fully saturated rings. The van der Waals surface area contributed by atoms with Crippen molar-refractivity contribution in [1.29, 1.82) is 0 Å². The minimum absolute atomic E-state index is 0.204. The van der Waals surface area contributed by atoms with E-state index in [2.05, 4.69) is 9.97 Å². The van der Waals surface area contributed by atoms with Crippen LogP contribution in [-0.4, -0.2) is 36.4 Å². The van der Waals surface area contributed by atoms with E-state index in [1.54, 1.807) is 6.92 Å². The van der Waals surface area contributed by atoms with Gasteiger partial charge >= 0.3 is 0 Å². The van der Waals surface area contributed by atoms with E-state index < -0.39 is 11.5 Å². The van der Waals surface area contributed by atoms with Gasteiger partial charge in [0, 0.05) is 6.20 Å². The van der Waals surface area contributed by atoms with E-state index in [0.29, 0.717) is 22.3 Å². The quantitative estimate of drug-likeness (QED) is 0.478. The van der Waals surface area contributed by atoms with E-state index in [9.17, 15) is 9.59 Å². The average molecular weight is 228 g/mol. The number of ether oxygens (including phenoxy) is 1. The molecule has 0 bridgehead atoms. The maximum Gasteiger partial charge on any atom is 0.219 e. The van der Waals surface area contributed by atoms with Gasteiger partial charge in [0.05, 0.1) is 35.5 Å². The number of hydrogen-bond donors (Lipinski definition) is 1. The van der Waals surface area contributed by atoms with Crippen LogP contribution in [0.15, 0.2) is 12.4 Å². The van der Waals surface area contributed by atoms with Gasteiger partial charge in [0.25, 0.3) is 0 Å². The van der Waals surface area contributed by atoms with Crippen LogP contribution < -0.4 is 4.74 Å². The zero-order valence-corrected chi connectivity index (χ0v) is 9.40. The first-order valence-corrected chi connectivity index (χ1v) is 4.91. The van der Waals surface area contributed by atoms with Gasteiger partial charge in [-0.1, -0.05) is 0 Å². The van der Waals surface area contributed by atoms with Crippen molar-refractivity contribution in [3.63, 3.8) is 0 Å². The number of aromatic nitrogens is 2. The molecule has 6 heteroatoms. The summed E-state index contributed by atoms with van der Waals surface area (Å²) >= 11 is 0. The summed E-state index contributed by atoms with van der Waals surface area (Å²) < 4.78 is 5.12. The summed E-state index contributed by atoms with van der Waals surface area (Å²) in [6, 6.07) is 0. The fourth-order valence-electron chi connectivity index (χ4n) is 1.72. The predicted octanol–water partition coefficient (Wildman–Crippen LogP) is 0.758. The zero-order chi connectivity index (χ0) is 12.6. The predicted molar refractivity (Wildman–Crippen MR) is 62.5 cm³/mol. The molecule has 2 rings (SSSR count). The molecule has 5 nitrogen and oxygen atoms in total. The maximum atomic E-state index is 11.6. The number of carbonyl (C=O) groups is 2. The van der Waals surface area contributed by atoms with E-state index >= 15 is 0 Å². The SMILES string of the molecule is [B]C(=O)C(=O)c1c[nH]c2c(C)ncc(OC)c12. The van der Waals surface area contributed by atoms with Gasteiger partial charge in [-0.2, -0.15) is 0 Å². The second-order valence-corrected chi connectivity index (χ2v) is 3.56. The molecule has 2 radical (unpaired) electrons. The van der Waals surface area contributed by atoms with Crippen LogP contribution in [0, 0.1) is 6.92 Å². The van der Waals surface area contributed by atoms with Crippen molar-refractivity contribution >= 4 is 30.2 Å². The average Bonchev–Trinajstić information content (AvgIpc) is 2.74. The zero-order valence-electron chi connectivity index (χ0n) is 9.40. The number of hydrogen-bond acceptors (Lipinski definition) is 4. The third-order valence-electron chi connectivity index (χ3n) is 2.55. The molecular weight excluding hydrogens is 219 g/mol. The Morgan fingerprint density at radius 3 is 2.76 bits per heavy atom. The third-order valence-corrected chi connectivity index (χ3v) is 2.55. The maximum absolute atomic E-state index is 11.6. The van der Waals surface area contributed by atoms with Crippen LogP contribution in [0.2, 0.25) is 0 Å². The van der Waals surface area contributed by atoms with Gasteiger partial charge < -0.3 is 14.5 Å². The molecule has 0 aliphatic carbocycles. The molecule has 2 heterocycles. The first-order valence-electron chi connectivity index (χ1n) is 4.91. The summed E-state index contributed by atoms with van der Waals surface area (Å²) in [7, 11) is 6.46. The van der Waals surface area contributed by atoms with E-state index in [1.807, 2.05) is 0 Å². The highest BCUT2D eigenvalue weighted by atomic mass is 16.5. The van der Waals surface area contributed by atoms with Crippen molar-refractivity contribution in [1.82, 2.24) is 9.97 Å². The highest BCUT2D eigenvalue weighted by molar-refractivity contribution is 6.79. The molecule has 0 amide bonds. The number of H-pyrrole nitrogens is 1. The molecule has 1 N–H and O–H groups in total. The number of rotatable bonds is 3. The molecule has 0 unspecified atom stereocenters. The lowest BCUT2D eigenvalue weighted by atomic mass is 9.93. The van der Waals surface area contributed by atoms with Gasteiger partial charge in [0.2, 0.25) is 5.78 Å². The molecule has 84 valence electrons. The second kappa shape index (κ2) is 4.05. The third kappa shape index (κ3) is 1.71. The Bertz CT molecular complexity index is 618. The number of aryl methyl sites for hydroxylation is 1. The van der Waals surface area contributed by atoms with Gasteiger partial charge in [-0.15, -0.1) is 0 Å². The molecule has 0 saturated heterocycles. The Balaban J connectivity index is 2.78. The normalized spacial score (nSPS) is 10.5. The molecule has 0 spiro atoms. The lowest BCUT2D eigenvalue weighted by Gasteiger charge is -2.04. The molecule has 0 aliphatic rings. The minimum atomic E-state index is -0.998. The van der Waals surface area contributed by atoms with Crippen LogP contribution in [0.1, 0.15) is 16.1 Å². The monoisotopic (exact) mass is 228 g/mol. The molecule has 0 aliphatic heterocycles. The topological polar surface area (TPSA) is 72.0 Å². The summed E-state index contributed by atoms with van der Waals surface area (Å²) in [6.07, 6.45) is 2.94. The number of aromatic amines is 1. The largest absolute Gasteiger partial charge is 0.494 e. The van der Waals surface area contributed by atoms with E-state index in [0.717, 1.165) is 0 Å². The van der Waals surface area contributed by atoms with Crippen LogP contribution in [0.5, 0.6) is 5.75 Å². The fraction of sp³-hybridized carbons (Fsp3) is 0.182. The molecule has 0 atom stereocenters. The minimum Gasteiger partial charge on any atom is -0.494 e. The summed E-state index contributed by atoms with van der Waals surface area (Å²) in [6.45, 7) is 1.79. The summed E-state index contributed by atoms with van der Waals surface area (Å²) in [4.78, 5) is 29.6. The van der Waals surface area contributed by atoms with Gasteiger partial charge in [0.15, 0.2) is 7.85 Å². The molecule has 2 aromatic heterocycles. The van der Waals surface area contributed by atoms with Crippen molar-refractivity contribution in [3.8, 4) is 5.75 Å². The lowest BCUT2D eigenvalue weighted by molar-refractivity contribution is -0.108. The standard InChI is InChI=1S/C11H9BN2O3/c1-5-9-8(7(17-2)4-13-5)6(3-14-9)10(15)11(12)16/h3-4,14H,1-2H3. The number of pyridine rings is 1. The fourth-order valence-corrected chi connectivity index (χ4v) is 1.72. The van der Waals surface area contributed by atoms with Crippen molar-refractivity contribution < 1.29 is 14.3 Å². The summed E-state index contributed by atoms with van der Waals surface area (Å²) in [5, 5.41) is 0.531. The highest BCUT2D eigenvalue weighted by Gasteiger charge is 2.19. The first kappa shape index (κ1) is 11.4. The molecular formula is C11H9BN2O3. The highest BCUT2D eigenvalue weighted by Crippen LogP contribution is 2.29. The first-order chi connectivity index (χ1) is 8.06. The van der Waals surface area contributed by atoms with Crippen LogP contribution in [0.25, 0.3) is 10.9 Å². The van der Waals surface area contributed by atoms with E-state index in [4.69, 9.17) is 12.6 Å². The Labute approximate surface area is 98.6 Å². The molecule has 17 heavy (non-hydrogen) atoms. The van der Waals surface area contributed by atoms with Crippen LogP contribution >= 0.6 is 0 Å². The number of nitrogens with one attached hydrogen (secondary N) is 1. The van der Waals surface area contributed by atoms with Crippen molar-refractivity contribution in [2.75, 3.05) is 7.11 Å². The van der Waals surface area contributed by atoms with Gasteiger partial charge in [-0.25, -0.2) is 0 Å². The van der Waals surface area contributed by atoms with Gasteiger partial charge in [0.1, 0.15) is 11.4 Å². The van der Waals surface area contributed by atoms with Gasteiger partial charge in [-0.05, 0) is 6.92 Å². The lowest BCUT2D eigenvalue weighted by Crippen LogP contribution is -2.13. The van der Waals surface area contributed by atoms with E-state index in [-0.39, 0.29) is 5.56 Å². The van der Waals surface area contributed by atoms with Crippen LogP contribution in [0.3, 0.4) is 0 Å². The van der Waals surface area contributed by atoms with Crippen molar-refractivity contribution in [2.24, 2.45) is 0 Å². The number of methoxy groups -OCH3 is 1. The van der Waals surface area contributed by atoms with Crippen LogP contribution in [0.4, 0.5) is 0 Å². The molecule has 0 saturated carbocycles. The summed E-state index contributed by atoms with van der Waals surface area (Å²) in [5.74, 6) is -0.323. The Hall–Kier alpha value is -2.11. The van der Waals surface area contributed by atoms with Gasteiger partial charge in [-0.3, -0.25) is 9.78 Å². The number of fused-ring (bicyclic) bond motifs is 1. The molecule has 0 aromatic carbocycles. The number of nitrogens with zero attached hydrogens (tertiary/aromatic N) is 1. The molecule has 2 aromatic rings. The smallest absolute Gasteiger partial charge is 0.219 e. The Kier molecular flexibility index (Phi) is 2.71. The Morgan fingerprint density at radius 2 is 2.18 bits per heavy atom. The number of ketones is 1. The van der Waals surface area contributed by atoms with Crippen molar-refractivity contribution in [2.45, 2.75) is 6.92 Å². The van der Waals surface area contributed by atoms with Crippen LogP contribution in [-0.2, 0) is 4.79 Å². The number of carbonyl (C=O) groups excluding carboxylic acids is 2. The second-order valence-electron chi connectivity index (χ2n) is 3.56.